The molecule has 7 nitrogen and oxygen atoms in total. The minimum Gasteiger partial charge on any atom is -0.493 e. The largest absolute Gasteiger partial charge is 0.493 e. The molecule has 2 N–H and O–H groups in total. The van der Waals surface area contributed by atoms with Crippen molar-refractivity contribution in [3.05, 3.63) is 24.1 Å². The van der Waals surface area contributed by atoms with Gasteiger partial charge in [-0.2, -0.15) is 4.98 Å². The van der Waals surface area contributed by atoms with Gasteiger partial charge in [0.25, 0.3) is 0 Å². The lowest BCUT2D eigenvalue weighted by Gasteiger charge is -2.25. The van der Waals surface area contributed by atoms with Crippen LogP contribution in [0.3, 0.4) is 0 Å². The minimum atomic E-state index is -0.00956. The molecule has 1 saturated heterocycles. The molecule has 1 aliphatic heterocycles. The van der Waals surface area contributed by atoms with Crippen LogP contribution in [-0.4, -0.2) is 36.6 Å². The predicted molar refractivity (Wildman–Crippen MR) is 78.6 cm³/mol. The van der Waals surface area contributed by atoms with E-state index in [2.05, 4.69) is 10.1 Å². The number of methoxy groups -OCH3 is 1. The maximum atomic E-state index is 6.10. The van der Waals surface area contributed by atoms with Crippen molar-refractivity contribution >= 4 is 0 Å². The summed E-state index contributed by atoms with van der Waals surface area (Å²) in [6.07, 6.45) is 1.91. The van der Waals surface area contributed by atoms with Crippen LogP contribution >= 0.6 is 0 Å². The molecule has 22 heavy (non-hydrogen) atoms. The van der Waals surface area contributed by atoms with Crippen molar-refractivity contribution in [2.24, 2.45) is 5.73 Å². The molecule has 1 aromatic heterocycles. The number of hydrogen-bond donors (Lipinski definition) is 1. The Morgan fingerprint density at radius 1 is 1.41 bits per heavy atom. The van der Waals surface area contributed by atoms with Gasteiger partial charge in [-0.15, -0.1) is 0 Å². The van der Waals surface area contributed by atoms with Crippen LogP contribution in [-0.2, 0) is 11.3 Å². The van der Waals surface area contributed by atoms with Gasteiger partial charge in [0.2, 0.25) is 11.7 Å². The third kappa shape index (κ3) is 3.05. The molecular formula is C15H19N3O4. The standard InChI is InChI=1S/C15H19N3O4/c1-19-12-6-2-5-11(15-17-13(8-16)22-18-15)14(12)21-10-4-3-7-20-9-10/h2,5-6,10H,3-4,7-9,16H2,1H3. The van der Waals surface area contributed by atoms with Crippen molar-refractivity contribution in [2.75, 3.05) is 20.3 Å². The molecule has 0 saturated carbocycles. The van der Waals surface area contributed by atoms with Gasteiger partial charge >= 0.3 is 0 Å². The van der Waals surface area contributed by atoms with Crippen LogP contribution in [0.5, 0.6) is 11.5 Å². The molecule has 1 fully saturated rings. The average Bonchev–Trinajstić information content (AvgIpc) is 3.05. The first-order valence-electron chi connectivity index (χ1n) is 7.26. The summed E-state index contributed by atoms with van der Waals surface area (Å²) in [4.78, 5) is 4.26. The number of aromatic nitrogens is 2. The first-order valence-corrected chi connectivity index (χ1v) is 7.26. The monoisotopic (exact) mass is 305 g/mol. The fraction of sp³-hybridized carbons (Fsp3) is 0.467. The van der Waals surface area contributed by atoms with Crippen molar-refractivity contribution < 1.29 is 18.7 Å². The Kier molecular flexibility index (Phi) is 4.55. The lowest BCUT2D eigenvalue weighted by Crippen LogP contribution is -2.28. The summed E-state index contributed by atoms with van der Waals surface area (Å²) < 4.78 is 22.1. The summed E-state index contributed by atoms with van der Waals surface area (Å²) >= 11 is 0. The Morgan fingerprint density at radius 3 is 3.00 bits per heavy atom. The number of ether oxygens (including phenoxy) is 3. The van der Waals surface area contributed by atoms with Crippen molar-refractivity contribution in [3.63, 3.8) is 0 Å². The zero-order chi connectivity index (χ0) is 15.4. The number of nitrogens with two attached hydrogens (primary N) is 1. The summed E-state index contributed by atoms with van der Waals surface area (Å²) in [6.45, 7) is 1.55. The van der Waals surface area contributed by atoms with Gasteiger partial charge in [-0.25, -0.2) is 0 Å². The summed E-state index contributed by atoms with van der Waals surface area (Å²) in [6, 6.07) is 5.57. The van der Waals surface area contributed by atoms with Crippen molar-refractivity contribution in [1.82, 2.24) is 10.1 Å². The van der Waals surface area contributed by atoms with E-state index in [0.717, 1.165) is 19.4 Å². The second-order valence-corrected chi connectivity index (χ2v) is 5.01. The van der Waals surface area contributed by atoms with Crippen molar-refractivity contribution in [1.29, 1.82) is 0 Å². The Labute approximate surface area is 128 Å². The van der Waals surface area contributed by atoms with E-state index in [1.54, 1.807) is 7.11 Å². The van der Waals surface area contributed by atoms with E-state index in [9.17, 15) is 0 Å². The molecular weight excluding hydrogens is 286 g/mol. The van der Waals surface area contributed by atoms with Crippen molar-refractivity contribution in [2.45, 2.75) is 25.5 Å². The van der Waals surface area contributed by atoms with Gasteiger partial charge < -0.3 is 24.5 Å². The number of hydrogen-bond acceptors (Lipinski definition) is 7. The summed E-state index contributed by atoms with van der Waals surface area (Å²) in [5.41, 5.74) is 6.23. The predicted octanol–water partition coefficient (Wildman–Crippen LogP) is 1.76. The third-order valence-corrected chi connectivity index (χ3v) is 3.49. The minimum absolute atomic E-state index is 0.00956. The maximum Gasteiger partial charge on any atom is 0.240 e. The van der Waals surface area contributed by atoms with Crippen molar-refractivity contribution in [3.8, 4) is 22.9 Å². The molecule has 0 bridgehead atoms. The van der Waals surface area contributed by atoms with E-state index in [0.29, 0.717) is 35.4 Å². The number of benzene rings is 1. The van der Waals surface area contributed by atoms with Crippen LogP contribution in [0.25, 0.3) is 11.4 Å². The van der Waals surface area contributed by atoms with E-state index in [-0.39, 0.29) is 12.6 Å². The highest BCUT2D eigenvalue weighted by atomic mass is 16.5. The van der Waals surface area contributed by atoms with Gasteiger partial charge in [0.1, 0.15) is 6.10 Å². The van der Waals surface area contributed by atoms with E-state index >= 15 is 0 Å². The molecule has 1 aliphatic rings. The zero-order valence-corrected chi connectivity index (χ0v) is 12.4. The highest BCUT2D eigenvalue weighted by molar-refractivity contribution is 5.68. The van der Waals surface area contributed by atoms with E-state index in [1.165, 1.54) is 0 Å². The maximum absolute atomic E-state index is 6.10. The number of nitrogens with zero attached hydrogens (tertiary/aromatic N) is 2. The van der Waals surface area contributed by atoms with Crippen LogP contribution in [0.1, 0.15) is 18.7 Å². The molecule has 118 valence electrons. The first kappa shape index (κ1) is 14.8. The summed E-state index contributed by atoms with van der Waals surface area (Å²) in [5, 5.41) is 3.95. The van der Waals surface area contributed by atoms with Crippen LogP contribution in [0.4, 0.5) is 0 Å². The Balaban J connectivity index is 1.94. The molecule has 0 amide bonds. The average molecular weight is 305 g/mol. The Hall–Kier alpha value is -2.12. The highest BCUT2D eigenvalue weighted by Crippen LogP contribution is 2.38. The smallest absolute Gasteiger partial charge is 0.240 e. The van der Waals surface area contributed by atoms with Gasteiger partial charge in [0.05, 0.1) is 25.8 Å². The summed E-state index contributed by atoms with van der Waals surface area (Å²) in [5.74, 6) is 2.04. The molecule has 0 radical (unpaired) electrons. The van der Waals surface area contributed by atoms with Crippen LogP contribution in [0.15, 0.2) is 22.7 Å². The quantitative estimate of drug-likeness (QED) is 0.899. The van der Waals surface area contributed by atoms with E-state index in [4.69, 9.17) is 24.5 Å². The first-order chi connectivity index (χ1) is 10.8. The fourth-order valence-corrected chi connectivity index (χ4v) is 2.39. The van der Waals surface area contributed by atoms with Crippen LogP contribution in [0.2, 0.25) is 0 Å². The molecule has 0 spiro atoms. The molecule has 2 heterocycles. The number of rotatable bonds is 5. The van der Waals surface area contributed by atoms with Gasteiger partial charge in [-0.05, 0) is 25.0 Å². The lowest BCUT2D eigenvalue weighted by molar-refractivity contribution is 0.00668. The lowest BCUT2D eigenvalue weighted by atomic mass is 10.1. The van der Waals surface area contributed by atoms with Gasteiger partial charge in [0.15, 0.2) is 11.5 Å². The van der Waals surface area contributed by atoms with E-state index in [1.807, 2.05) is 18.2 Å². The van der Waals surface area contributed by atoms with E-state index < -0.39 is 0 Å². The molecule has 1 atom stereocenters. The highest BCUT2D eigenvalue weighted by Gasteiger charge is 2.22. The Morgan fingerprint density at radius 2 is 2.32 bits per heavy atom. The molecule has 0 aliphatic carbocycles. The van der Waals surface area contributed by atoms with Crippen LogP contribution in [0, 0.1) is 0 Å². The fourth-order valence-electron chi connectivity index (χ4n) is 2.39. The molecule has 3 rings (SSSR count). The van der Waals surface area contributed by atoms with Gasteiger partial charge in [-0.3, -0.25) is 0 Å². The molecule has 1 aromatic carbocycles. The second kappa shape index (κ2) is 6.76. The Bertz CT molecular complexity index is 623. The zero-order valence-electron chi connectivity index (χ0n) is 12.4. The second-order valence-electron chi connectivity index (χ2n) is 5.01. The third-order valence-electron chi connectivity index (χ3n) is 3.49. The molecule has 1 unspecified atom stereocenters. The molecule has 2 aromatic rings. The normalized spacial score (nSPS) is 18.2. The topological polar surface area (TPSA) is 92.6 Å². The van der Waals surface area contributed by atoms with Gasteiger partial charge in [-0.1, -0.05) is 11.2 Å². The van der Waals surface area contributed by atoms with Gasteiger partial charge in [0, 0.05) is 6.61 Å². The van der Waals surface area contributed by atoms with Crippen LogP contribution < -0.4 is 15.2 Å². The number of para-hydroxylation sites is 1. The summed E-state index contributed by atoms with van der Waals surface area (Å²) in [7, 11) is 1.60. The SMILES string of the molecule is COc1cccc(-c2noc(CN)n2)c1OC1CCCOC1. The molecule has 7 heteroatoms.